The van der Waals surface area contributed by atoms with E-state index in [1.165, 1.54) is 28.4 Å². The molecule has 1 aliphatic carbocycles. The van der Waals surface area contributed by atoms with Gasteiger partial charge in [-0.2, -0.15) is 0 Å². The summed E-state index contributed by atoms with van der Waals surface area (Å²) in [6.07, 6.45) is 1.80. The summed E-state index contributed by atoms with van der Waals surface area (Å²) in [5.41, 5.74) is 0.402. The Labute approximate surface area is 200 Å². The number of Topliss-reactive ketones (excluding diaryl/α,β-unsaturated/α-hetero) is 1. The molecule has 1 aromatic rings. The first-order valence-corrected chi connectivity index (χ1v) is 11.3. The zero-order chi connectivity index (χ0) is 24.8. The van der Waals surface area contributed by atoms with E-state index in [-0.39, 0.29) is 25.5 Å². The smallest absolute Gasteiger partial charge is 0.338 e. The van der Waals surface area contributed by atoms with Crippen molar-refractivity contribution >= 4 is 11.8 Å². The third-order valence-electron chi connectivity index (χ3n) is 5.37. The number of ketones is 1. The Bertz CT molecular complexity index is 719. The first kappa shape index (κ1) is 28.2. The number of carbonyl (C=O) groups is 2. The summed E-state index contributed by atoms with van der Waals surface area (Å²) in [5.74, 6) is 0.0372. The second-order valence-corrected chi connectivity index (χ2v) is 7.82. The summed E-state index contributed by atoms with van der Waals surface area (Å²) in [6, 6.07) is 6.54. The Morgan fingerprint density at radius 3 is 2.24 bits per heavy atom. The number of carbonyl (C=O) groups excluding carboxylic acids is 2. The van der Waals surface area contributed by atoms with Gasteiger partial charge in [-0.25, -0.2) is 4.79 Å². The van der Waals surface area contributed by atoms with Crippen LogP contribution in [0.5, 0.6) is 5.75 Å². The second-order valence-electron chi connectivity index (χ2n) is 7.82. The number of hydrogen-bond acceptors (Lipinski definition) is 10. The van der Waals surface area contributed by atoms with Crippen LogP contribution in [0.1, 0.15) is 48.9 Å². The lowest BCUT2D eigenvalue weighted by atomic mass is 9.94. The highest BCUT2D eigenvalue weighted by molar-refractivity contribution is 5.89. The summed E-state index contributed by atoms with van der Waals surface area (Å²) in [6.45, 7) is -0.828. The Morgan fingerprint density at radius 2 is 1.59 bits per heavy atom. The van der Waals surface area contributed by atoms with Gasteiger partial charge in [0.1, 0.15) is 31.5 Å². The maximum atomic E-state index is 12.8. The van der Waals surface area contributed by atoms with Crippen molar-refractivity contribution in [2.45, 2.75) is 63.3 Å². The van der Waals surface area contributed by atoms with Crippen LogP contribution < -0.4 is 4.74 Å². The zero-order valence-electron chi connectivity index (χ0n) is 20.4. The molecule has 0 heterocycles. The topological polar surface area (TPSA) is 108 Å². The molecular formula is C24H36O10. The van der Waals surface area contributed by atoms with E-state index in [1.54, 1.807) is 24.3 Å². The summed E-state index contributed by atoms with van der Waals surface area (Å²) >= 11 is 0. The minimum absolute atomic E-state index is 0.0170. The van der Waals surface area contributed by atoms with Crippen molar-refractivity contribution in [1.29, 1.82) is 0 Å². The molecule has 0 amide bonds. The molecule has 0 aromatic heterocycles. The van der Waals surface area contributed by atoms with Crippen LogP contribution >= 0.6 is 0 Å². The van der Waals surface area contributed by atoms with Gasteiger partial charge in [-0.3, -0.25) is 4.79 Å². The highest BCUT2D eigenvalue weighted by Gasteiger charge is 2.32. The second kappa shape index (κ2) is 15.8. The lowest BCUT2D eigenvalue weighted by Gasteiger charge is -2.29. The molecule has 192 valence electrons. The van der Waals surface area contributed by atoms with Gasteiger partial charge in [0.25, 0.3) is 0 Å². The van der Waals surface area contributed by atoms with Crippen LogP contribution in [0.4, 0.5) is 0 Å². The fourth-order valence-electron chi connectivity index (χ4n) is 3.64. The van der Waals surface area contributed by atoms with E-state index in [9.17, 15) is 9.59 Å². The third-order valence-corrected chi connectivity index (χ3v) is 5.37. The maximum Gasteiger partial charge on any atom is 0.338 e. The third kappa shape index (κ3) is 9.28. The fourth-order valence-corrected chi connectivity index (χ4v) is 3.64. The van der Waals surface area contributed by atoms with Crippen LogP contribution in [0.3, 0.4) is 0 Å². The van der Waals surface area contributed by atoms with E-state index in [0.717, 1.165) is 6.42 Å². The average molecular weight is 485 g/mol. The Kier molecular flexibility index (Phi) is 13.0. The lowest BCUT2D eigenvalue weighted by Crippen LogP contribution is -2.40. The highest BCUT2D eigenvalue weighted by atomic mass is 16.8. The quantitative estimate of drug-likeness (QED) is 0.324. The molecule has 1 fully saturated rings. The molecule has 34 heavy (non-hydrogen) atoms. The van der Waals surface area contributed by atoms with Gasteiger partial charge >= 0.3 is 12.4 Å². The molecular weight excluding hydrogens is 448 g/mol. The van der Waals surface area contributed by atoms with Gasteiger partial charge in [0.15, 0.2) is 5.78 Å². The largest absolute Gasteiger partial charge is 0.459 e. The van der Waals surface area contributed by atoms with Crippen LogP contribution in [-0.2, 0) is 38.0 Å². The molecule has 2 rings (SSSR count). The van der Waals surface area contributed by atoms with Crippen LogP contribution in [-0.4, -0.2) is 78.6 Å². The lowest BCUT2D eigenvalue weighted by molar-refractivity contribution is -0.219. The zero-order valence-corrected chi connectivity index (χ0v) is 20.4. The van der Waals surface area contributed by atoms with Gasteiger partial charge in [-0.1, -0.05) is 0 Å². The minimum Gasteiger partial charge on any atom is -0.459 e. The summed E-state index contributed by atoms with van der Waals surface area (Å²) in [7, 11) is 5.94. The first-order chi connectivity index (χ1) is 16.5. The van der Waals surface area contributed by atoms with Gasteiger partial charge in [0.05, 0.1) is 11.7 Å². The van der Waals surface area contributed by atoms with Gasteiger partial charge in [0.2, 0.25) is 0 Å². The standard InChI is InChI=1S/C24H36O10/c1-27-15-31-21-14-13-18(7-5-6-8-20(25)22(21)32-16-28-2)33-23(26)17-9-11-19(12-10-17)34-24(29-3)30-4/h9-12,18,21-22,24H,5-8,13-16H2,1-4H3. The van der Waals surface area contributed by atoms with Crippen LogP contribution in [0.15, 0.2) is 24.3 Å². The van der Waals surface area contributed by atoms with Crippen molar-refractivity contribution in [1.82, 2.24) is 0 Å². The van der Waals surface area contributed by atoms with Crippen LogP contribution in [0, 0.1) is 0 Å². The maximum absolute atomic E-state index is 12.8. The van der Waals surface area contributed by atoms with E-state index in [1.807, 2.05) is 0 Å². The van der Waals surface area contributed by atoms with Gasteiger partial charge < -0.3 is 37.9 Å². The van der Waals surface area contributed by atoms with Crippen molar-refractivity contribution in [2.75, 3.05) is 42.0 Å². The van der Waals surface area contributed by atoms with Crippen LogP contribution in [0.25, 0.3) is 0 Å². The Hall–Kier alpha value is -2.08. The average Bonchev–Trinajstić information content (AvgIpc) is 2.85. The molecule has 1 saturated carbocycles. The minimum atomic E-state index is -0.836. The van der Waals surface area contributed by atoms with Gasteiger partial charge in [0, 0.05) is 34.9 Å². The molecule has 1 aliphatic rings. The number of benzene rings is 1. The molecule has 0 radical (unpaired) electrons. The van der Waals surface area contributed by atoms with Gasteiger partial charge in [-0.05, 0) is 56.4 Å². The number of methoxy groups -OCH3 is 4. The van der Waals surface area contributed by atoms with E-state index < -0.39 is 24.7 Å². The fraction of sp³-hybridized carbons (Fsp3) is 0.667. The van der Waals surface area contributed by atoms with Crippen LogP contribution in [0.2, 0.25) is 0 Å². The van der Waals surface area contributed by atoms with E-state index in [4.69, 9.17) is 37.9 Å². The molecule has 10 nitrogen and oxygen atoms in total. The molecule has 3 unspecified atom stereocenters. The molecule has 0 aliphatic heterocycles. The monoisotopic (exact) mass is 484 g/mol. The Morgan fingerprint density at radius 1 is 0.912 bits per heavy atom. The van der Waals surface area contributed by atoms with Crippen molar-refractivity contribution in [3.63, 3.8) is 0 Å². The Balaban J connectivity index is 2.02. The van der Waals surface area contributed by atoms with Gasteiger partial charge in [-0.15, -0.1) is 0 Å². The number of ether oxygens (including phenoxy) is 8. The normalized spacial score (nSPS) is 21.9. The molecule has 1 aromatic carbocycles. The number of esters is 1. The predicted octanol–water partition coefficient (Wildman–Crippen LogP) is 3.07. The van der Waals surface area contributed by atoms with E-state index in [2.05, 4.69) is 0 Å². The molecule has 10 heteroatoms. The SMILES string of the molecule is COCOC1CCC(OC(=O)c2ccc(OC(OC)OC)cc2)CCCCC(=O)C1OCOC. The molecule has 3 atom stereocenters. The molecule has 0 N–H and O–H groups in total. The van der Waals surface area contributed by atoms with E-state index >= 15 is 0 Å². The first-order valence-electron chi connectivity index (χ1n) is 11.3. The molecule has 0 spiro atoms. The molecule has 0 bridgehead atoms. The summed E-state index contributed by atoms with van der Waals surface area (Å²) < 4.78 is 42.7. The number of hydrogen-bond donors (Lipinski definition) is 0. The summed E-state index contributed by atoms with van der Waals surface area (Å²) in [5, 5.41) is 0. The van der Waals surface area contributed by atoms with Crippen molar-refractivity contribution in [2.24, 2.45) is 0 Å². The predicted molar refractivity (Wildman–Crippen MR) is 120 cm³/mol. The molecule has 0 saturated heterocycles. The number of rotatable bonds is 12. The van der Waals surface area contributed by atoms with Crippen molar-refractivity contribution in [3.8, 4) is 5.75 Å². The van der Waals surface area contributed by atoms with Crippen molar-refractivity contribution < 1.29 is 47.5 Å². The van der Waals surface area contributed by atoms with Crippen molar-refractivity contribution in [3.05, 3.63) is 29.8 Å². The summed E-state index contributed by atoms with van der Waals surface area (Å²) in [4.78, 5) is 25.4. The highest BCUT2D eigenvalue weighted by Crippen LogP contribution is 2.23. The van der Waals surface area contributed by atoms with E-state index in [0.29, 0.717) is 43.4 Å².